The SMILES string of the molecule is C[C@H](NC(=O)CN1CCS(=O)(=O)CC1)c1cc2ccccc2o1. The fraction of sp³-hybridized carbons (Fsp3) is 0.438. The summed E-state index contributed by atoms with van der Waals surface area (Å²) in [6.07, 6.45) is 0. The number of nitrogens with zero attached hydrogens (tertiary/aromatic N) is 1. The first kappa shape index (κ1) is 16.0. The molecule has 23 heavy (non-hydrogen) atoms. The lowest BCUT2D eigenvalue weighted by Crippen LogP contribution is -2.45. The summed E-state index contributed by atoms with van der Waals surface area (Å²) in [6, 6.07) is 9.39. The molecule has 1 saturated heterocycles. The Balaban J connectivity index is 1.57. The second-order valence-corrected chi connectivity index (χ2v) is 8.21. The molecule has 1 amide bonds. The fourth-order valence-electron chi connectivity index (χ4n) is 2.69. The number of fused-ring (bicyclic) bond motifs is 1. The van der Waals surface area contributed by atoms with E-state index in [1.54, 1.807) is 0 Å². The summed E-state index contributed by atoms with van der Waals surface area (Å²) in [7, 11) is -2.92. The zero-order chi connectivity index (χ0) is 16.4. The summed E-state index contributed by atoms with van der Waals surface area (Å²) in [5.74, 6) is 0.830. The number of hydrogen-bond donors (Lipinski definition) is 1. The molecule has 0 unspecified atom stereocenters. The normalized spacial score (nSPS) is 19.5. The van der Waals surface area contributed by atoms with E-state index in [1.807, 2.05) is 42.2 Å². The molecule has 6 nitrogen and oxygen atoms in total. The van der Waals surface area contributed by atoms with E-state index in [-0.39, 0.29) is 30.0 Å². The average Bonchev–Trinajstić information content (AvgIpc) is 2.93. The second kappa shape index (κ2) is 6.33. The van der Waals surface area contributed by atoms with E-state index in [9.17, 15) is 13.2 Å². The molecule has 2 heterocycles. The highest BCUT2D eigenvalue weighted by Crippen LogP contribution is 2.23. The molecule has 0 bridgehead atoms. The Hall–Kier alpha value is -1.86. The van der Waals surface area contributed by atoms with Crippen molar-refractivity contribution in [3.63, 3.8) is 0 Å². The van der Waals surface area contributed by atoms with Crippen LogP contribution in [0.2, 0.25) is 0 Å². The van der Waals surface area contributed by atoms with Crippen LogP contribution in [0.5, 0.6) is 0 Å². The largest absolute Gasteiger partial charge is 0.459 e. The van der Waals surface area contributed by atoms with Crippen LogP contribution >= 0.6 is 0 Å². The lowest BCUT2D eigenvalue weighted by molar-refractivity contribution is -0.123. The molecular weight excluding hydrogens is 316 g/mol. The number of carbonyl (C=O) groups excluding carboxylic acids is 1. The van der Waals surface area contributed by atoms with Crippen LogP contribution in [0, 0.1) is 0 Å². The van der Waals surface area contributed by atoms with Crippen LogP contribution in [0.15, 0.2) is 34.7 Å². The molecule has 0 radical (unpaired) electrons. The lowest BCUT2D eigenvalue weighted by Gasteiger charge is -2.26. The van der Waals surface area contributed by atoms with Crippen LogP contribution in [-0.2, 0) is 14.6 Å². The number of furan rings is 1. The molecule has 2 aromatic rings. The van der Waals surface area contributed by atoms with Gasteiger partial charge in [0.15, 0.2) is 9.84 Å². The Morgan fingerprint density at radius 1 is 1.30 bits per heavy atom. The van der Waals surface area contributed by atoms with Crippen LogP contribution < -0.4 is 5.32 Å². The molecule has 0 aliphatic carbocycles. The van der Waals surface area contributed by atoms with Gasteiger partial charge in [-0.05, 0) is 19.1 Å². The maximum absolute atomic E-state index is 12.1. The van der Waals surface area contributed by atoms with E-state index < -0.39 is 9.84 Å². The molecule has 1 aromatic heterocycles. The number of benzene rings is 1. The predicted octanol–water partition coefficient (Wildman–Crippen LogP) is 1.34. The number of hydrogen-bond acceptors (Lipinski definition) is 5. The Morgan fingerprint density at radius 3 is 2.70 bits per heavy atom. The van der Waals surface area contributed by atoms with Crippen molar-refractivity contribution in [2.45, 2.75) is 13.0 Å². The summed E-state index contributed by atoms with van der Waals surface area (Å²) in [6.45, 7) is 2.90. The van der Waals surface area contributed by atoms with E-state index in [0.29, 0.717) is 18.8 Å². The van der Waals surface area contributed by atoms with Gasteiger partial charge in [0.2, 0.25) is 5.91 Å². The number of amides is 1. The topological polar surface area (TPSA) is 79.6 Å². The number of para-hydroxylation sites is 1. The average molecular weight is 336 g/mol. The molecule has 0 saturated carbocycles. The lowest BCUT2D eigenvalue weighted by atomic mass is 10.2. The number of carbonyl (C=O) groups is 1. The zero-order valence-corrected chi connectivity index (χ0v) is 13.8. The van der Waals surface area contributed by atoms with Gasteiger partial charge in [-0.15, -0.1) is 0 Å². The minimum atomic E-state index is -2.92. The van der Waals surface area contributed by atoms with Crippen LogP contribution in [0.1, 0.15) is 18.7 Å². The van der Waals surface area contributed by atoms with Crippen LogP contribution in [0.25, 0.3) is 11.0 Å². The molecule has 1 aromatic carbocycles. The van der Waals surface area contributed by atoms with Crippen LogP contribution in [0.4, 0.5) is 0 Å². The Labute approximate surface area is 135 Å². The van der Waals surface area contributed by atoms with Crippen molar-refractivity contribution in [1.29, 1.82) is 0 Å². The van der Waals surface area contributed by atoms with E-state index >= 15 is 0 Å². The molecule has 124 valence electrons. The van der Waals surface area contributed by atoms with Crippen LogP contribution in [-0.4, -0.2) is 50.4 Å². The van der Waals surface area contributed by atoms with Gasteiger partial charge < -0.3 is 9.73 Å². The van der Waals surface area contributed by atoms with Crippen molar-refractivity contribution in [3.05, 3.63) is 36.1 Å². The molecule has 1 atom stereocenters. The van der Waals surface area contributed by atoms with Gasteiger partial charge in [-0.25, -0.2) is 8.42 Å². The van der Waals surface area contributed by atoms with E-state index in [0.717, 1.165) is 11.0 Å². The number of nitrogens with one attached hydrogen (secondary N) is 1. The maximum Gasteiger partial charge on any atom is 0.234 e. The monoisotopic (exact) mass is 336 g/mol. The van der Waals surface area contributed by atoms with Gasteiger partial charge in [0.1, 0.15) is 11.3 Å². The Morgan fingerprint density at radius 2 is 2.00 bits per heavy atom. The molecule has 0 spiro atoms. The standard InChI is InChI=1S/C16H20N2O4S/c1-12(15-10-13-4-2-3-5-14(13)22-15)17-16(19)11-18-6-8-23(20,21)9-7-18/h2-5,10,12H,6-9,11H2,1H3,(H,17,19)/t12-/m0/s1. The van der Waals surface area contributed by atoms with Crippen molar-refractivity contribution in [2.24, 2.45) is 0 Å². The minimum Gasteiger partial charge on any atom is -0.459 e. The number of rotatable bonds is 4. The summed E-state index contributed by atoms with van der Waals surface area (Å²) < 4.78 is 28.5. The third-order valence-corrected chi connectivity index (χ3v) is 5.66. The molecule has 7 heteroatoms. The second-order valence-electron chi connectivity index (χ2n) is 5.90. The highest BCUT2D eigenvalue weighted by molar-refractivity contribution is 7.91. The molecule has 1 fully saturated rings. The van der Waals surface area contributed by atoms with Crippen molar-refractivity contribution in [3.8, 4) is 0 Å². The van der Waals surface area contributed by atoms with Crippen LogP contribution in [0.3, 0.4) is 0 Å². The summed E-state index contributed by atoms with van der Waals surface area (Å²) in [5.41, 5.74) is 0.796. The molecular formula is C16H20N2O4S. The first-order chi connectivity index (χ1) is 10.9. The van der Waals surface area contributed by atoms with Gasteiger partial charge in [0.05, 0.1) is 24.1 Å². The van der Waals surface area contributed by atoms with Gasteiger partial charge in [-0.3, -0.25) is 9.69 Å². The van der Waals surface area contributed by atoms with Crippen molar-refractivity contribution < 1.29 is 17.6 Å². The zero-order valence-electron chi connectivity index (χ0n) is 13.0. The summed E-state index contributed by atoms with van der Waals surface area (Å²) in [4.78, 5) is 14.0. The fourth-order valence-corrected chi connectivity index (χ4v) is 3.96. The molecule has 1 aliphatic rings. The highest BCUT2D eigenvalue weighted by atomic mass is 32.2. The Bertz CT molecular complexity index is 765. The van der Waals surface area contributed by atoms with E-state index in [1.165, 1.54) is 0 Å². The smallest absolute Gasteiger partial charge is 0.234 e. The number of sulfone groups is 1. The first-order valence-electron chi connectivity index (χ1n) is 7.63. The van der Waals surface area contributed by atoms with E-state index in [4.69, 9.17) is 4.42 Å². The van der Waals surface area contributed by atoms with Gasteiger partial charge in [0, 0.05) is 18.5 Å². The van der Waals surface area contributed by atoms with Gasteiger partial charge in [-0.1, -0.05) is 18.2 Å². The molecule has 3 rings (SSSR count). The molecule has 1 aliphatic heterocycles. The van der Waals surface area contributed by atoms with E-state index in [2.05, 4.69) is 5.32 Å². The quantitative estimate of drug-likeness (QED) is 0.911. The maximum atomic E-state index is 12.1. The third kappa shape index (κ3) is 3.92. The third-order valence-electron chi connectivity index (χ3n) is 4.05. The van der Waals surface area contributed by atoms with Crippen molar-refractivity contribution >= 4 is 26.7 Å². The van der Waals surface area contributed by atoms with Gasteiger partial charge in [-0.2, -0.15) is 0 Å². The predicted molar refractivity (Wildman–Crippen MR) is 87.9 cm³/mol. The van der Waals surface area contributed by atoms with Crippen molar-refractivity contribution in [2.75, 3.05) is 31.1 Å². The summed E-state index contributed by atoms with van der Waals surface area (Å²) in [5, 5.41) is 3.91. The van der Waals surface area contributed by atoms with Gasteiger partial charge >= 0.3 is 0 Å². The minimum absolute atomic E-state index is 0.124. The summed E-state index contributed by atoms with van der Waals surface area (Å²) >= 11 is 0. The Kier molecular flexibility index (Phi) is 4.41. The van der Waals surface area contributed by atoms with Crippen molar-refractivity contribution in [1.82, 2.24) is 10.2 Å². The highest BCUT2D eigenvalue weighted by Gasteiger charge is 2.23. The molecule has 1 N–H and O–H groups in total. The first-order valence-corrected chi connectivity index (χ1v) is 9.46. The van der Waals surface area contributed by atoms with Gasteiger partial charge in [0.25, 0.3) is 0 Å².